The molecular weight excluding hydrogens is 328 g/mol. The Kier molecular flexibility index (Phi) is 4.01. The number of rotatable bonds is 2. The molecular formula is C22H28O4. The van der Waals surface area contributed by atoms with Gasteiger partial charge in [-0.25, -0.2) is 0 Å². The molecule has 0 aromatic rings. The third kappa shape index (κ3) is 2.44. The maximum Gasteiger partial charge on any atom is 0.307 e. The number of ketones is 2. The van der Waals surface area contributed by atoms with Crippen molar-refractivity contribution in [3.05, 3.63) is 23.3 Å². The highest BCUT2D eigenvalue weighted by atomic mass is 16.4. The van der Waals surface area contributed by atoms with Crippen molar-refractivity contribution in [3.63, 3.8) is 0 Å². The van der Waals surface area contributed by atoms with E-state index >= 15 is 0 Å². The summed E-state index contributed by atoms with van der Waals surface area (Å²) in [6.45, 7) is 4.39. The summed E-state index contributed by atoms with van der Waals surface area (Å²) in [7, 11) is 0. The Hall–Kier alpha value is -1.71. The summed E-state index contributed by atoms with van der Waals surface area (Å²) in [6, 6.07) is 0. The van der Waals surface area contributed by atoms with Crippen LogP contribution < -0.4 is 0 Å². The van der Waals surface area contributed by atoms with E-state index in [0.717, 1.165) is 32.1 Å². The molecule has 26 heavy (non-hydrogen) atoms. The van der Waals surface area contributed by atoms with Crippen LogP contribution in [0.15, 0.2) is 23.3 Å². The SMILES string of the molecule is C[C@]12CCC(=O)C=C1CC[C@@H]1[C@@H]2C(=O)C[C@]2(C)C(=CCC(=O)O)CC[C@@H]12. The van der Waals surface area contributed by atoms with Crippen LogP contribution in [0.25, 0.3) is 0 Å². The van der Waals surface area contributed by atoms with E-state index < -0.39 is 5.97 Å². The molecule has 1 N–H and O–H groups in total. The average molecular weight is 356 g/mol. The molecule has 0 spiro atoms. The van der Waals surface area contributed by atoms with Gasteiger partial charge >= 0.3 is 5.97 Å². The molecule has 0 heterocycles. The summed E-state index contributed by atoms with van der Waals surface area (Å²) in [5.41, 5.74) is 2.06. The van der Waals surface area contributed by atoms with Crippen LogP contribution in [-0.2, 0) is 14.4 Å². The molecule has 4 nitrogen and oxygen atoms in total. The van der Waals surface area contributed by atoms with Gasteiger partial charge in [0.25, 0.3) is 0 Å². The number of hydrogen-bond donors (Lipinski definition) is 1. The van der Waals surface area contributed by atoms with Crippen molar-refractivity contribution in [2.75, 3.05) is 0 Å². The minimum atomic E-state index is -0.809. The van der Waals surface area contributed by atoms with Crippen LogP contribution in [0.3, 0.4) is 0 Å². The first-order chi connectivity index (χ1) is 12.3. The lowest BCUT2D eigenvalue weighted by molar-refractivity contribution is -0.142. The molecule has 0 saturated heterocycles. The van der Waals surface area contributed by atoms with Gasteiger partial charge in [-0.15, -0.1) is 0 Å². The second-order valence-electron chi connectivity index (χ2n) is 9.27. The highest BCUT2D eigenvalue weighted by Gasteiger charge is 2.60. The van der Waals surface area contributed by atoms with Gasteiger partial charge in [0.15, 0.2) is 5.78 Å². The fourth-order valence-corrected chi connectivity index (χ4v) is 6.78. The van der Waals surface area contributed by atoms with E-state index in [-0.39, 0.29) is 29.0 Å². The van der Waals surface area contributed by atoms with Gasteiger partial charge in [0.1, 0.15) is 5.78 Å². The quantitative estimate of drug-likeness (QED) is 0.756. The zero-order valence-electron chi connectivity index (χ0n) is 15.7. The maximum absolute atomic E-state index is 13.3. The maximum atomic E-state index is 13.3. The average Bonchev–Trinajstić information content (AvgIpc) is 2.89. The Morgan fingerprint density at radius 3 is 2.69 bits per heavy atom. The first-order valence-corrected chi connectivity index (χ1v) is 9.93. The number of carbonyl (C=O) groups excluding carboxylic acids is 2. The van der Waals surface area contributed by atoms with Gasteiger partial charge in [-0.1, -0.05) is 31.1 Å². The number of aliphatic carboxylic acids is 1. The number of Topliss-reactive ketones (excluding diaryl/α,β-unsaturated/α-hetero) is 1. The summed E-state index contributed by atoms with van der Waals surface area (Å²) in [5, 5.41) is 9.03. The summed E-state index contributed by atoms with van der Waals surface area (Å²) in [6.07, 6.45) is 9.52. The van der Waals surface area contributed by atoms with E-state index in [0.29, 0.717) is 30.5 Å². The van der Waals surface area contributed by atoms with E-state index in [1.54, 1.807) is 0 Å². The monoisotopic (exact) mass is 356 g/mol. The van der Waals surface area contributed by atoms with Gasteiger partial charge in [0, 0.05) is 18.8 Å². The molecule has 0 aromatic heterocycles. The van der Waals surface area contributed by atoms with E-state index in [1.807, 2.05) is 12.2 Å². The molecule has 3 fully saturated rings. The third-order valence-electron chi connectivity index (χ3n) is 8.03. The van der Waals surface area contributed by atoms with Crippen molar-refractivity contribution < 1.29 is 19.5 Å². The number of carboxylic acid groups (broad SMARTS) is 1. The van der Waals surface area contributed by atoms with E-state index in [9.17, 15) is 14.4 Å². The normalized spacial score (nSPS) is 43.5. The van der Waals surface area contributed by atoms with Crippen LogP contribution >= 0.6 is 0 Å². The number of carboxylic acids is 1. The van der Waals surface area contributed by atoms with Crippen LogP contribution in [0.1, 0.15) is 65.2 Å². The van der Waals surface area contributed by atoms with Gasteiger partial charge in [0.05, 0.1) is 6.42 Å². The fourth-order valence-electron chi connectivity index (χ4n) is 6.78. The van der Waals surface area contributed by atoms with Crippen LogP contribution in [0.5, 0.6) is 0 Å². The lowest BCUT2D eigenvalue weighted by Gasteiger charge is -2.56. The Morgan fingerprint density at radius 2 is 1.96 bits per heavy atom. The first-order valence-electron chi connectivity index (χ1n) is 9.93. The lowest BCUT2D eigenvalue weighted by atomic mass is 9.47. The molecule has 140 valence electrons. The van der Waals surface area contributed by atoms with Gasteiger partial charge in [-0.2, -0.15) is 0 Å². The minimum Gasteiger partial charge on any atom is -0.481 e. The minimum absolute atomic E-state index is 0.0347. The smallest absolute Gasteiger partial charge is 0.307 e. The van der Waals surface area contributed by atoms with Gasteiger partial charge in [-0.05, 0) is 60.8 Å². The zero-order chi connectivity index (χ0) is 18.7. The predicted molar refractivity (Wildman–Crippen MR) is 97.4 cm³/mol. The molecule has 0 unspecified atom stereocenters. The number of hydrogen-bond acceptors (Lipinski definition) is 3. The number of allylic oxidation sites excluding steroid dienone is 2. The second-order valence-corrected chi connectivity index (χ2v) is 9.27. The Morgan fingerprint density at radius 1 is 1.19 bits per heavy atom. The van der Waals surface area contributed by atoms with E-state index in [2.05, 4.69) is 13.8 Å². The van der Waals surface area contributed by atoms with Crippen molar-refractivity contribution in [1.29, 1.82) is 0 Å². The highest BCUT2D eigenvalue weighted by Crippen LogP contribution is 2.65. The molecule has 0 bridgehead atoms. The van der Waals surface area contributed by atoms with Gasteiger partial charge in [-0.3, -0.25) is 14.4 Å². The molecule has 0 aromatic carbocycles. The molecule has 4 heteroatoms. The van der Waals surface area contributed by atoms with Crippen molar-refractivity contribution in [2.24, 2.45) is 28.6 Å². The summed E-state index contributed by atoms with van der Waals surface area (Å²) in [5.74, 6) is 0.598. The van der Waals surface area contributed by atoms with Crippen LogP contribution in [-0.4, -0.2) is 22.6 Å². The highest BCUT2D eigenvalue weighted by molar-refractivity contribution is 5.93. The van der Waals surface area contributed by atoms with Crippen molar-refractivity contribution in [1.82, 2.24) is 0 Å². The largest absolute Gasteiger partial charge is 0.481 e. The standard InChI is InChI=1S/C22H28O4/c1-21-10-9-15(23)11-14(21)3-6-16-17-7-4-13(5-8-19(25)26)22(17,2)12-18(24)20(16)21/h5,11,16-17,20H,3-4,6-10,12H2,1-2H3,(H,25,26)/t16-,17-,20+,21-,22+/m0/s1. The summed E-state index contributed by atoms with van der Waals surface area (Å²) < 4.78 is 0. The van der Waals surface area contributed by atoms with Gasteiger partial charge in [0.2, 0.25) is 0 Å². The van der Waals surface area contributed by atoms with Crippen LogP contribution in [0.2, 0.25) is 0 Å². The second kappa shape index (κ2) is 5.90. The zero-order valence-corrected chi connectivity index (χ0v) is 15.7. The molecule has 4 rings (SSSR count). The predicted octanol–water partition coefficient (Wildman–Crippen LogP) is 4.10. The Labute approximate surface area is 154 Å². The number of fused-ring (bicyclic) bond motifs is 5. The van der Waals surface area contributed by atoms with E-state index in [1.165, 1.54) is 11.1 Å². The number of carbonyl (C=O) groups is 3. The van der Waals surface area contributed by atoms with Crippen molar-refractivity contribution >= 4 is 17.5 Å². The van der Waals surface area contributed by atoms with Crippen molar-refractivity contribution in [3.8, 4) is 0 Å². The molecule has 4 aliphatic rings. The molecule has 5 atom stereocenters. The summed E-state index contributed by atoms with van der Waals surface area (Å²) >= 11 is 0. The Bertz CT molecular complexity index is 745. The lowest BCUT2D eigenvalue weighted by Crippen LogP contribution is -2.54. The molecule has 0 amide bonds. The topological polar surface area (TPSA) is 71.4 Å². The fraction of sp³-hybridized carbons (Fsp3) is 0.682. The third-order valence-corrected chi connectivity index (χ3v) is 8.03. The molecule has 0 aliphatic heterocycles. The van der Waals surface area contributed by atoms with Crippen molar-refractivity contribution in [2.45, 2.75) is 65.2 Å². The molecule has 4 aliphatic carbocycles. The van der Waals surface area contributed by atoms with Crippen LogP contribution in [0, 0.1) is 28.6 Å². The first kappa shape index (κ1) is 17.7. The Balaban J connectivity index is 1.69. The van der Waals surface area contributed by atoms with Gasteiger partial charge < -0.3 is 5.11 Å². The molecule has 0 radical (unpaired) electrons. The summed E-state index contributed by atoms with van der Waals surface area (Å²) in [4.78, 5) is 36.2. The molecule has 3 saturated carbocycles. The van der Waals surface area contributed by atoms with E-state index in [4.69, 9.17) is 5.11 Å². The van der Waals surface area contributed by atoms with Crippen LogP contribution in [0.4, 0.5) is 0 Å².